The van der Waals surface area contributed by atoms with E-state index in [0.29, 0.717) is 42.5 Å². The van der Waals surface area contributed by atoms with Crippen molar-refractivity contribution in [2.24, 2.45) is 0 Å². The molecule has 12 heteroatoms. The third-order valence-corrected chi connectivity index (χ3v) is 5.88. The van der Waals surface area contributed by atoms with Gasteiger partial charge in [0.05, 0.1) is 30.3 Å². The van der Waals surface area contributed by atoms with Crippen LogP contribution in [0.2, 0.25) is 0 Å². The normalized spacial score (nSPS) is 15.9. The van der Waals surface area contributed by atoms with Gasteiger partial charge in [0.1, 0.15) is 18.0 Å². The zero-order valence-corrected chi connectivity index (χ0v) is 19.4. The Labute approximate surface area is 203 Å². The van der Waals surface area contributed by atoms with Crippen molar-refractivity contribution >= 4 is 12.2 Å². The predicted molar refractivity (Wildman–Crippen MR) is 122 cm³/mol. The molecule has 0 unspecified atom stereocenters. The third kappa shape index (κ3) is 4.58. The predicted octanol–water partition coefficient (Wildman–Crippen LogP) is 4.82. The largest absolute Gasteiger partial charge is 0.478 e. The lowest BCUT2D eigenvalue weighted by Gasteiger charge is -2.25. The van der Waals surface area contributed by atoms with E-state index >= 15 is 0 Å². The van der Waals surface area contributed by atoms with Crippen LogP contribution in [0.5, 0.6) is 5.88 Å². The van der Waals surface area contributed by atoms with Gasteiger partial charge in [0.2, 0.25) is 5.82 Å². The minimum absolute atomic E-state index is 0.132. The van der Waals surface area contributed by atoms with Gasteiger partial charge in [-0.25, -0.2) is 29.0 Å². The molecule has 0 fully saturated rings. The Bertz CT molecular complexity index is 1440. The van der Waals surface area contributed by atoms with Crippen LogP contribution in [0.1, 0.15) is 52.9 Å². The monoisotopic (exact) mass is 499 g/mol. The molecule has 3 aromatic heterocycles. The van der Waals surface area contributed by atoms with Crippen LogP contribution in [0.3, 0.4) is 0 Å². The van der Waals surface area contributed by atoms with E-state index < -0.39 is 23.5 Å². The van der Waals surface area contributed by atoms with Crippen molar-refractivity contribution in [1.29, 1.82) is 0 Å². The third-order valence-electron chi connectivity index (χ3n) is 5.88. The first-order valence-corrected chi connectivity index (χ1v) is 11.1. The minimum atomic E-state index is -4.60. The SMILES string of the molecule is COc1nc(/C=C/c2nc3n(n2)CCC[C@@H]3c2cc(F)ccc2C(F)(F)F)cnc1-n1cnc(C)c1. The smallest absolute Gasteiger partial charge is 0.416 e. The number of benzene rings is 1. The molecule has 0 radical (unpaired) electrons. The van der Waals surface area contributed by atoms with E-state index in [0.717, 1.165) is 23.9 Å². The van der Waals surface area contributed by atoms with Crippen LogP contribution in [0.4, 0.5) is 17.6 Å². The van der Waals surface area contributed by atoms with Gasteiger partial charge in [-0.2, -0.15) is 18.3 Å². The molecule has 1 atom stereocenters. The van der Waals surface area contributed by atoms with Gasteiger partial charge in [-0.3, -0.25) is 4.57 Å². The van der Waals surface area contributed by atoms with E-state index in [9.17, 15) is 17.6 Å². The number of hydrogen-bond acceptors (Lipinski definition) is 6. The Morgan fingerprint density at radius 3 is 2.69 bits per heavy atom. The molecular formula is C24H21F4N7O. The maximum absolute atomic E-state index is 13.9. The molecule has 0 bridgehead atoms. The second kappa shape index (κ2) is 9.17. The van der Waals surface area contributed by atoms with Gasteiger partial charge in [0, 0.05) is 18.7 Å². The van der Waals surface area contributed by atoms with E-state index in [1.165, 1.54) is 7.11 Å². The first-order valence-electron chi connectivity index (χ1n) is 11.1. The summed E-state index contributed by atoms with van der Waals surface area (Å²) >= 11 is 0. The van der Waals surface area contributed by atoms with Crippen molar-refractivity contribution < 1.29 is 22.3 Å². The number of alkyl halides is 3. The molecule has 1 aliphatic rings. The first-order chi connectivity index (χ1) is 17.2. The Hall–Kier alpha value is -4.09. The summed E-state index contributed by atoms with van der Waals surface area (Å²) in [6.07, 6.45) is 4.58. The van der Waals surface area contributed by atoms with Crippen molar-refractivity contribution in [3.05, 3.63) is 76.9 Å². The number of ether oxygens (including phenoxy) is 1. The van der Waals surface area contributed by atoms with E-state index in [-0.39, 0.29) is 11.4 Å². The van der Waals surface area contributed by atoms with Crippen LogP contribution < -0.4 is 4.74 Å². The van der Waals surface area contributed by atoms with Gasteiger partial charge in [-0.15, -0.1) is 0 Å². The molecule has 0 amide bonds. The quantitative estimate of drug-likeness (QED) is 0.366. The molecule has 1 aliphatic heterocycles. The summed E-state index contributed by atoms with van der Waals surface area (Å²) in [6.45, 7) is 2.36. The molecule has 0 aliphatic carbocycles. The second-order valence-electron chi connectivity index (χ2n) is 8.36. The number of halogens is 4. The number of imidazole rings is 1. The van der Waals surface area contributed by atoms with Crippen LogP contribution in [-0.4, -0.2) is 41.4 Å². The van der Waals surface area contributed by atoms with Gasteiger partial charge < -0.3 is 4.74 Å². The van der Waals surface area contributed by atoms with Crippen LogP contribution in [0.15, 0.2) is 36.9 Å². The molecular weight excluding hydrogens is 478 g/mol. The highest BCUT2D eigenvalue weighted by molar-refractivity contribution is 5.64. The van der Waals surface area contributed by atoms with Gasteiger partial charge in [0.15, 0.2) is 5.82 Å². The summed E-state index contributed by atoms with van der Waals surface area (Å²) in [5.74, 6) is -0.0136. The van der Waals surface area contributed by atoms with Crippen LogP contribution >= 0.6 is 0 Å². The topological polar surface area (TPSA) is 83.5 Å². The molecule has 36 heavy (non-hydrogen) atoms. The van der Waals surface area contributed by atoms with Crippen molar-refractivity contribution in [2.75, 3.05) is 7.11 Å². The number of methoxy groups -OCH3 is 1. The van der Waals surface area contributed by atoms with E-state index in [4.69, 9.17) is 4.74 Å². The van der Waals surface area contributed by atoms with Crippen LogP contribution in [0, 0.1) is 12.7 Å². The number of nitrogens with zero attached hydrogens (tertiary/aromatic N) is 7. The van der Waals surface area contributed by atoms with Crippen molar-refractivity contribution in [2.45, 2.75) is 38.4 Å². The number of hydrogen-bond donors (Lipinski definition) is 0. The first kappa shape index (κ1) is 23.6. The number of aryl methyl sites for hydroxylation is 2. The van der Waals surface area contributed by atoms with Crippen molar-refractivity contribution in [3.63, 3.8) is 0 Å². The summed E-state index contributed by atoms with van der Waals surface area (Å²) in [4.78, 5) is 17.5. The Morgan fingerprint density at radius 2 is 1.97 bits per heavy atom. The molecule has 4 aromatic rings. The second-order valence-corrected chi connectivity index (χ2v) is 8.36. The van der Waals surface area contributed by atoms with Crippen molar-refractivity contribution in [1.82, 2.24) is 34.3 Å². The fourth-order valence-electron chi connectivity index (χ4n) is 4.28. The summed E-state index contributed by atoms with van der Waals surface area (Å²) < 4.78 is 63.4. The molecule has 1 aromatic carbocycles. The minimum Gasteiger partial charge on any atom is -0.478 e. The van der Waals surface area contributed by atoms with E-state index in [2.05, 4.69) is 25.0 Å². The summed E-state index contributed by atoms with van der Waals surface area (Å²) in [5.41, 5.74) is 0.295. The fourth-order valence-corrected chi connectivity index (χ4v) is 4.28. The number of aromatic nitrogens is 7. The number of rotatable bonds is 5. The lowest BCUT2D eigenvalue weighted by atomic mass is 9.87. The van der Waals surface area contributed by atoms with E-state index in [1.54, 1.807) is 40.1 Å². The van der Waals surface area contributed by atoms with Gasteiger partial charge in [0.25, 0.3) is 5.88 Å². The molecule has 4 heterocycles. The molecule has 0 spiro atoms. The standard InChI is InChI=1S/C24H21F4N7O/c1-14-12-34(13-30-14)22-23(36-2)31-16(11-29-22)6-8-20-32-21-17(4-3-9-35(21)33-20)18-10-15(25)5-7-19(18)24(26,27)28/h5-8,10-13,17H,3-4,9H2,1-2H3/b8-6+/t17-/m1/s1. The average molecular weight is 499 g/mol. The summed E-state index contributed by atoms with van der Waals surface area (Å²) in [5, 5.41) is 4.42. The molecule has 0 N–H and O–H groups in total. The van der Waals surface area contributed by atoms with Gasteiger partial charge in [-0.05, 0) is 55.7 Å². The average Bonchev–Trinajstić information content (AvgIpc) is 3.47. The molecule has 8 nitrogen and oxygen atoms in total. The van der Waals surface area contributed by atoms with E-state index in [1.807, 2.05) is 6.92 Å². The molecule has 0 saturated carbocycles. The lowest BCUT2D eigenvalue weighted by molar-refractivity contribution is -0.138. The molecule has 5 rings (SSSR count). The van der Waals surface area contributed by atoms with Crippen LogP contribution in [-0.2, 0) is 12.7 Å². The molecule has 0 saturated heterocycles. The molecule has 186 valence electrons. The lowest BCUT2D eigenvalue weighted by Crippen LogP contribution is -2.21. The highest BCUT2D eigenvalue weighted by atomic mass is 19.4. The Balaban J connectivity index is 1.45. The Kier molecular flexibility index (Phi) is 6.02. The summed E-state index contributed by atoms with van der Waals surface area (Å²) in [7, 11) is 1.48. The Morgan fingerprint density at radius 1 is 1.14 bits per heavy atom. The zero-order chi connectivity index (χ0) is 25.4. The maximum Gasteiger partial charge on any atom is 0.416 e. The maximum atomic E-state index is 13.9. The van der Waals surface area contributed by atoms with Crippen molar-refractivity contribution in [3.8, 4) is 11.7 Å². The highest BCUT2D eigenvalue weighted by Crippen LogP contribution is 2.40. The summed E-state index contributed by atoms with van der Waals surface area (Å²) in [6, 6.07) is 2.54. The van der Waals surface area contributed by atoms with Gasteiger partial charge >= 0.3 is 6.18 Å². The fraction of sp³-hybridized carbons (Fsp3) is 0.292. The van der Waals surface area contributed by atoms with Crippen LogP contribution in [0.25, 0.3) is 18.0 Å². The van der Waals surface area contributed by atoms with Gasteiger partial charge in [-0.1, -0.05) is 0 Å². The number of fused-ring (bicyclic) bond motifs is 1. The highest BCUT2D eigenvalue weighted by Gasteiger charge is 2.37. The zero-order valence-electron chi connectivity index (χ0n) is 19.4.